The maximum absolute atomic E-state index is 12.5. The zero-order chi connectivity index (χ0) is 17.5. The molecule has 0 aromatic heterocycles. The summed E-state index contributed by atoms with van der Waals surface area (Å²) in [6.45, 7) is 3.99. The van der Waals surface area contributed by atoms with E-state index in [1.165, 1.54) is 5.56 Å². The van der Waals surface area contributed by atoms with Gasteiger partial charge in [-0.05, 0) is 31.2 Å². The third-order valence-electron chi connectivity index (χ3n) is 3.98. The van der Waals surface area contributed by atoms with Crippen LogP contribution in [0.25, 0.3) is 0 Å². The number of rotatable bonds is 6. The molecule has 0 aliphatic carbocycles. The number of amides is 1. The topological polar surface area (TPSA) is 69.5 Å². The van der Waals surface area contributed by atoms with Crippen LogP contribution in [0.5, 0.6) is 0 Å². The minimum absolute atomic E-state index is 0.103. The van der Waals surface area contributed by atoms with Crippen molar-refractivity contribution in [3.8, 4) is 6.07 Å². The lowest BCUT2D eigenvalue weighted by atomic mass is 10.0. The summed E-state index contributed by atoms with van der Waals surface area (Å²) >= 11 is 3.44. The van der Waals surface area contributed by atoms with Crippen molar-refractivity contribution in [2.24, 2.45) is 0 Å². The lowest BCUT2D eigenvalue weighted by Crippen LogP contribution is -2.92. The highest BCUT2D eigenvalue weighted by Crippen LogP contribution is 2.17. The minimum atomic E-state index is -0.259. The molecule has 0 heterocycles. The fourth-order valence-corrected chi connectivity index (χ4v) is 2.83. The molecule has 124 valence electrons. The van der Waals surface area contributed by atoms with Gasteiger partial charge in [-0.25, -0.2) is 0 Å². The summed E-state index contributed by atoms with van der Waals surface area (Å²) in [6.07, 6.45) is 0.925. The highest BCUT2D eigenvalue weighted by molar-refractivity contribution is 9.10. The molecule has 0 spiro atoms. The number of halogens is 1. The van der Waals surface area contributed by atoms with Crippen LogP contribution in [0.4, 0.5) is 5.69 Å². The number of para-hydroxylation sites is 1. The molecule has 5 heteroatoms. The van der Waals surface area contributed by atoms with E-state index >= 15 is 0 Å². The summed E-state index contributed by atoms with van der Waals surface area (Å²) < 4.78 is 1.04. The number of hydrogen-bond acceptors (Lipinski definition) is 2. The molecular formula is C19H21BrN3O+. The molecule has 0 radical (unpaired) electrons. The highest BCUT2D eigenvalue weighted by atomic mass is 79.9. The third kappa shape index (κ3) is 4.67. The molecule has 2 rings (SSSR count). The molecule has 0 saturated heterocycles. The molecule has 0 fully saturated rings. The normalized spacial score (nSPS) is 12.9. The van der Waals surface area contributed by atoms with E-state index in [1.807, 2.05) is 25.1 Å². The first-order valence-corrected chi connectivity index (χ1v) is 8.75. The van der Waals surface area contributed by atoms with Crippen molar-refractivity contribution in [2.45, 2.75) is 32.4 Å². The molecule has 3 N–H and O–H groups in total. The van der Waals surface area contributed by atoms with Gasteiger partial charge in [-0.3, -0.25) is 4.79 Å². The van der Waals surface area contributed by atoms with E-state index in [4.69, 9.17) is 5.26 Å². The molecule has 0 aliphatic heterocycles. The Bertz CT molecular complexity index is 737. The molecule has 24 heavy (non-hydrogen) atoms. The van der Waals surface area contributed by atoms with Gasteiger partial charge in [-0.2, -0.15) is 5.26 Å². The molecule has 4 nitrogen and oxygen atoms in total. The van der Waals surface area contributed by atoms with Crippen LogP contribution in [0.2, 0.25) is 0 Å². The van der Waals surface area contributed by atoms with Crippen molar-refractivity contribution >= 4 is 27.5 Å². The Kier molecular flexibility index (Phi) is 6.53. The quantitative estimate of drug-likeness (QED) is 0.798. The average molecular weight is 387 g/mol. The Morgan fingerprint density at radius 3 is 2.54 bits per heavy atom. The number of anilines is 1. The van der Waals surface area contributed by atoms with Gasteiger partial charge in [-0.1, -0.05) is 47.1 Å². The molecule has 2 aromatic rings. The molecular weight excluding hydrogens is 366 g/mol. The molecule has 0 bridgehead atoms. The van der Waals surface area contributed by atoms with Crippen LogP contribution >= 0.6 is 15.9 Å². The zero-order valence-electron chi connectivity index (χ0n) is 13.8. The number of carbonyl (C=O) groups is 1. The summed E-state index contributed by atoms with van der Waals surface area (Å²) in [5.41, 5.74) is 2.22. The lowest BCUT2D eigenvalue weighted by molar-refractivity contribution is -0.713. The smallest absolute Gasteiger partial charge is 0.282 e. The lowest BCUT2D eigenvalue weighted by Gasteiger charge is -2.19. The van der Waals surface area contributed by atoms with Crippen LogP contribution in [0.1, 0.15) is 37.4 Å². The number of nitrogens with one attached hydrogen (secondary N) is 1. The van der Waals surface area contributed by atoms with E-state index in [-0.39, 0.29) is 18.0 Å². The Morgan fingerprint density at radius 2 is 1.92 bits per heavy atom. The molecule has 0 saturated carbocycles. The fourth-order valence-electron chi connectivity index (χ4n) is 2.56. The van der Waals surface area contributed by atoms with E-state index < -0.39 is 0 Å². The minimum Gasteiger partial charge on any atom is -0.330 e. The number of carbonyl (C=O) groups excluding carboxylic acids is 1. The number of nitrogens with two attached hydrogens (primary N) is 1. The third-order valence-corrected chi connectivity index (χ3v) is 4.51. The molecule has 2 aromatic carbocycles. The Labute approximate surface area is 151 Å². The van der Waals surface area contributed by atoms with Crippen molar-refractivity contribution < 1.29 is 10.1 Å². The zero-order valence-corrected chi connectivity index (χ0v) is 15.4. The first-order chi connectivity index (χ1) is 11.5. The summed E-state index contributed by atoms with van der Waals surface area (Å²) in [4.78, 5) is 12.5. The molecule has 2 atom stereocenters. The average Bonchev–Trinajstić information content (AvgIpc) is 2.60. The Morgan fingerprint density at radius 1 is 1.25 bits per heavy atom. The maximum atomic E-state index is 12.5. The largest absolute Gasteiger partial charge is 0.330 e. The van der Waals surface area contributed by atoms with Gasteiger partial charge >= 0.3 is 0 Å². The standard InChI is InChI=1S/C19H20BrN3O/c1-3-17(14-8-10-16(20)11-9-14)22-13(2)19(24)23-18-7-5-4-6-15(18)12-21/h4-11,13,17,22H,3H2,1-2H3,(H,23,24)/p+1/t13-,17-/m1/s1. The van der Waals surface area contributed by atoms with Crippen LogP contribution in [-0.2, 0) is 4.79 Å². The highest BCUT2D eigenvalue weighted by Gasteiger charge is 2.22. The van der Waals surface area contributed by atoms with E-state index in [2.05, 4.69) is 51.7 Å². The monoisotopic (exact) mass is 386 g/mol. The van der Waals surface area contributed by atoms with Crippen molar-refractivity contribution in [3.05, 3.63) is 64.1 Å². The summed E-state index contributed by atoms with van der Waals surface area (Å²) in [7, 11) is 0. The van der Waals surface area contributed by atoms with Crippen molar-refractivity contribution in [2.75, 3.05) is 5.32 Å². The van der Waals surface area contributed by atoms with E-state index in [1.54, 1.807) is 18.2 Å². The van der Waals surface area contributed by atoms with E-state index in [0.717, 1.165) is 10.9 Å². The predicted octanol–water partition coefficient (Wildman–Crippen LogP) is 3.36. The van der Waals surface area contributed by atoms with Crippen LogP contribution < -0.4 is 10.6 Å². The van der Waals surface area contributed by atoms with Crippen LogP contribution in [0, 0.1) is 11.3 Å². The summed E-state index contributed by atoms with van der Waals surface area (Å²) in [5, 5.41) is 14.0. The number of nitriles is 1. The van der Waals surface area contributed by atoms with Crippen molar-refractivity contribution in [1.82, 2.24) is 0 Å². The van der Waals surface area contributed by atoms with Gasteiger partial charge in [0, 0.05) is 16.5 Å². The van der Waals surface area contributed by atoms with Crippen LogP contribution in [-0.4, -0.2) is 11.9 Å². The second-order valence-electron chi connectivity index (χ2n) is 5.69. The number of benzene rings is 2. The van der Waals surface area contributed by atoms with Crippen molar-refractivity contribution in [3.63, 3.8) is 0 Å². The first-order valence-electron chi connectivity index (χ1n) is 7.95. The molecule has 0 aliphatic rings. The second kappa shape index (κ2) is 8.62. The van der Waals surface area contributed by atoms with Gasteiger partial charge in [0.15, 0.2) is 6.04 Å². The summed E-state index contributed by atoms with van der Waals surface area (Å²) in [5.74, 6) is -0.103. The number of hydrogen-bond donors (Lipinski definition) is 2. The van der Waals surface area contributed by atoms with Crippen LogP contribution in [0.15, 0.2) is 53.0 Å². The van der Waals surface area contributed by atoms with Crippen LogP contribution in [0.3, 0.4) is 0 Å². The van der Waals surface area contributed by atoms with Gasteiger partial charge in [0.25, 0.3) is 5.91 Å². The maximum Gasteiger partial charge on any atom is 0.282 e. The van der Waals surface area contributed by atoms with Gasteiger partial charge in [0.05, 0.1) is 11.3 Å². The van der Waals surface area contributed by atoms with E-state index in [9.17, 15) is 4.79 Å². The van der Waals surface area contributed by atoms with Crippen molar-refractivity contribution in [1.29, 1.82) is 5.26 Å². The van der Waals surface area contributed by atoms with Gasteiger partial charge < -0.3 is 10.6 Å². The van der Waals surface area contributed by atoms with Gasteiger partial charge in [0.2, 0.25) is 0 Å². The SMILES string of the molecule is CC[C@@H]([NH2+][C@H](C)C(=O)Nc1ccccc1C#N)c1ccc(Br)cc1. The fraction of sp³-hybridized carbons (Fsp3) is 0.263. The predicted molar refractivity (Wildman–Crippen MR) is 98.3 cm³/mol. The number of nitrogens with zero attached hydrogens (tertiary/aromatic N) is 1. The number of quaternary nitrogens is 1. The second-order valence-corrected chi connectivity index (χ2v) is 6.61. The summed E-state index contributed by atoms with van der Waals surface area (Å²) in [6, 6.07) is 17.3. The Hall–Kier alpha value is -2.16. The van der Waals surface area contributed by atoms with E-state index in [0.29, 0.717) is 11.3 Å². The van der Waals surface area contributed by atoms with Gasteiger partial charge in [-0.15, -0.1) is 0 Å². The molecule has 1 amide bonds. The van der Waals surface area contributed by atoms with Gasteiger partial charge in [0.1, 0.15) is 12.1 Å². The first kappa shape index (κ1) is 18.2. The molecule has 0 unspecified atom stereocenters. The Balaban J connectivity index is 2.04.